The molecule has 0 radical (unpaired) electrons. The Hall–Kier alpha value is -1.36. The molecular formula is C14H11Cl2F2NO. The lowest BCUT2D eigenvalue weighted by atomic mass is 10.1. The van der Waals surface area contributed by atoms with E-state index in [-0.39, 0.29) is 5.75 Å². The van der Waals surface area contributed by atoms with E-state index in [1.165, 1.54) is 30.3 Å². The molecule has 0 unspecified atom stereocenters. The van der Waals surface area contributed by atoms with Gasteiger partial charge >= 0.3 is 0 Å². The summed E-state index contributed by atoms with van der Waals surface area (Å²) in [5.41, 5.74) is 5.82. The van der Waals surface area contributed by atoms with Crippen LogP contribution in [0.2, 0.25) is 10.0 Å². The standard InChI is InChI=1S/C14H11Cl2F2NO/c15-9-5-10(16)7-11(6-9)20-14-12(17)3-8(1-2-19)4-13(14)18/h3-7H,1-2,19H2. The Labute approximate surface area is 125 Å². The third-order valence-corrected chi connectivity index (χ3v) is 2.98. The maximum atomic E-state index is 13.8. The first-order valence-corrected chi connectivity index (χ1v) is 6.57. The Balaban J connectivity index is 2.33. The minimum Gasteiger partial charge on any atom is -0.451 e. The van der Waals surface area contributed by atoms with Crippen LogP contribution in [0.3, 0.4) is 0 Å². The van der Waals surface area contributed by atoms with E-state index in [0.29, 0.717) is 28.6 Å². The summed E-state index contributed by atoms with van der Waals surface area (Å²) >= 11 is 11.6. The molecule has 2 aromatic rings. The second-order valence-corrected chi connectivity index (χ2v) is 5.01. The Morgan fingerprint density at radius 1 is 0.950 bits per heavy atom. The molecule has 0 heterocycles. The van der Waals surface area contributed by atoms with Crippen molar-refractivity contribution in [2.24, 2.45) is 5.73 Å². The lowest BCUT2D eigenvalue weighted by Gasteiger charge is -2.10. The van der Waals surface area contributed by atoms with E-state index in [1.807, 2.05) is 0 Å². The van der Waals surface area contributed by atoms with Crippen LogP contribution in [-0.4, -0.2) is 6.54 Å². The number of benzene rings is 2. The third-order valence-electron chi connectivity index (χ3n) is 2.55. The molecule has 0 aliphatic carbocycles. The Morgan fingerprint density at radius 3 is 2.00 bits per heavy atom. The molecule has 0 aliphatic heterocycles. The van der Waals surface area contributed by atoms with Crippen molar-refractivity contribution in [1.82, 2.24) is 0 Å². The van der Waals surface area contributed by atoms with Gasteiger partial charge in [-0.15, -0.1) is 0 Å². The second kappa shape index (κ2) is 6.39. The van der Waals surface area contributed by atoms with Crippen molar-refractivity contribution >= 4 is 23.2 Å². The molecular weight excluding hydrogens is 307 g/mol. The molecule has 2 rings (SSSR count). The number of hydrogen-bond donors (Lipinski definition) is 1. The van der Waals surface area contributed by atoms with Gasteiger partial charge in [0.05, 0.1) is 0 Å². The summed E-state index contributed by atoms with van der Waals surface area (Å²) in [5.74, 6) is -1.94. The van der Waals surface area contributed by atoms with Crippen LogP contribution in [0.4, 0.5) is 8.78 Å². The molecule has 0 amide bonds. The van der Waals surface area contributed by atoms with Gasteiger partial charge in [0.25, 0.3) is 0 Å². The molecule has 2 aromatic carbocycles. The summed E-state index contributed by atoms with van der Waals surface area (Å²) in [4.78, 5) is 0. The first-order chi connectivity index (χ1) is 9.49. The molecule has 0 fully saturated rings. The highest BCUT2D eigenvalue weighted by Gasteiger charge is 2.14. The van der Waals surface area contributed by atoms with Crippen LogP contribution in [0.25, 0.3) is 0 Å². The first kappa shape index (κ1) is 15.0. The lowest BCUT2D eigenvalue weighted by molar-refractivity contribution is 0.406. The minimum absolute atomic E-state index is 0.159. The SMILES string of the molecule is NCCc1cc(F)c(Oc2cc(Cl)cc(Cl)c2)c(F)c1. The van der Waals surface area contributed by atoms with Crippen molar-refractivity contribution in [2.45, 2.75) is 6.42 Å². The van der Waals surface area contributed by atoms with E-state index in [1.54, 1.807) is 0 Å². The zero-order chi connectivity index (χ0) is 14.7. The normalized spacial score (nSPS) is 10.7. The van der Waals surface area contributed by atoms with Gasteiger partial charge in [0, 0.05) is 10.0 Å². The molecule has 2 N–H and O–H groups in total. The van der Waals surface area contributed by atoms with Crippen molar-refractivity contribution in [3.63, 3.8) is 0 Å². The minimum atomic E-state index is -0.801. The van der Waals surface area contributed by atoms with Gasteiger partial charge in [0.1, 0.15) is 5.75 Å². The number of nitrogens with two attached hydrogens (primary N) is 1. The smallest absolute Gasteiger partial charge is 0.198 e. The Morgan fingerprint density at radius 2 is 1.50 bits per heavy atom. The van der Waals surface area contributed by atoms with Crippen LogP contribution >= 0.6 is 23.2 Å². The van der Waals surface area contributed by atoms with Crippen LogP contribution in [0, 0.1) is 11.6 Å². The van der Waals surface area contributed by atoms with Gasteiger partial charge < -0.3 is 10.5 Å². The molecule has 0 saturated carbocycles. The van der Waals surface area contributed by atoms with Crippen molar-refractivity contribution in [2.75, 3.05) is 6.54 Å². The highest BCUT2D eigenvalue weighted by molar-refractivity contribution is 6.34. The summed E-state index contributed by atoms with van der Waals surface area (Å²) in [6, 6.07) is 6.71. The van der Waals surface area contributed by atoms with E-state index >= 15 is 0 Å². The van der Waals surface area contributed by atoms with E-state index in [9.17, 15) is 8.78 Å². The number of rotatable bonds is 4. The summed E-state index contributed by atoms with van der Waals surface area (Å²) in [6.45, 7) is 0.309. The second-order valence-electron chi connectivity index (χ2n) is 4.13. The predicted octanol–water partition coefficient (Wildman–Crippen LogP) is 4.57. The largest absolute Gasteiger partial charge is 0.451 e. The maximum absolute atomic E-state index is 13.8. The molecule has 6 heteroatoms. The highest BCUT2D eigenvalue weighted by Crippen LogP contribution is 2.32. The summed E-state index contributed by atoms with van der Waals surface area (Å²) in [5, 5.41) is 0.626. The monoisotopic (exact) mass is 317 g/mol. The van der Waals surface area contributed by atoms with Gasteiger partial charge in [-0.3, -0.25) is 0 Å². The molecule has 0 aromatic heterocycles. The fourth-order valence-corrected chi connectivity index (χ4v) is 2.23. The zero-order valence-corrected chi connectivity index (χ0v) is 11.8. The molecule has 0 bridgehead atoms. The maximum Gasteiger partial charge on any atom is 0.198 e. The van der Waals surface area contributed by atoms with Gasteiger partial charge in [-0.25, -0.2) is 8.78 Å². The van der Waals surface area contributed by atoms with E-state index < -0.39 is 17.4 Å². The lowest BCUT2D eigenvalue weighted by Crippen LogP contribution is -2.04. The van der Waals surface area contributed by atoms with Crippen LogP contribution in [0.5, 0.6) is 11.5 Å². The fourth-order valence-electron chi connectivity index (χ4n) is 1.73. The zero-order valence-electron chi connectivity index (χ0n) is 10.3. The molecule has 0 atom stereocenters. The summed E-state index contributed by atoms with van der Waals surface area (Å²) < 4.78 is 32.9. The van der Waals surface area contributed by atoms with Crippen LogP contribution in [0.1, 0.15) is 5.56 Å². The Bertz CT molecular complexity index is 591. The molecule has 0 aliphatic rings. The summed E-state index contributed by atoms with van der Waals surface area (Å²) in [6.07, 6.45) is 0.386. The van der Waals surface area contributed by atoms with Crippen molar-refractivity contribution in [3.8, 4) is 11.5 Å². The average molecular weight is 318 g/mol. The number of hydrogen-bond acceptors (Lipinski definition) is 2. The topological polar surface area (TPSA) is 35.2 Å². The highest BCUT2D eigenvalue weighted by atomic mass is 35.5. The van der Waals surface area contributed by atoms with Crippen molar-refractivity contribution in [1.29, 1.82) is 0 Å². The average Bonchev–Trinajstić information content (AvgIpc) is 2.33. The number of halogens is 4. The fraction of sp³-hybridized carbons (Fsp3) is 0.143. The van der Waals surface area contributed by atoms with E-state index in [2.05, 4.69) is 0 Å². The molecule has 0 spiro atoms. The van der Waals surface area contributed by atoms with Gasteiger partial charge in [-0.1, -0.05) is 23.2 Å². The quantitative estimate of drug-likeness (QED) is 0.896. The van der Waals surface area contributed by atoms with Gasteiger partial charge in [-0.2, -0.15) is 0 Å². The van der Waals surface area contributed by atoms with Crippen molar-refractivity contribution in [3.05, 3.63) is 57.6 Å². The molecule has 0 saturated heterocycles. The predicted molar refractivity (Wildman–Crippen MR) is 75.7 cm³/mol. The first-order valence-electron chi connectivity index (χ1n) is 5.81. The molecule has 2 nitrogen and oxygen atoms in total. The summed E-state index contributed by atoms with van der Waals surface area (Å²) in [7, 11) is 0. The number of ether oxygens (including phenoxy) is 1. The van der Waals surface area contributed by atoms with Gasteiger partial charge in [0.15, 0.2) is 17.4 Å². The molecule has 20 heavy (non-hydrogen) atoms. The van der Waals surface area contributed by atoms with Crippen molar-refractivity contribution < 1.29 is 13.5 Å². The van der Waals surface area contributed by atoms with Crippen LogP contribution in [0.15, 0.2) is 30.3 Å². The van der Waals surface area contributed by atoms with E-state index in [0.717, 1.165) is 0 Å². The third kappa shape index (κ3) is 3.60. The van der Waals surface area contributed by atoms with Gasteiger partial charge in [-0.05, 0) is 48.9 Å². The molecule has 106 valence electrons. The Kier molecular flexibility index (Phi) is 4.81. The van der Waals surface area contributed by atoms with Crippen LogP contribution < -0.4 is 10.5 Å². The van der Waals surface area contributed by atoms with Gasteiger partial charge in [0.2, 0.25) is 0 Å². The van der Waals surface area contributed by atoms with Crippen LogP contribution in [-0.2, 0) is 6.42 Å². The van der Waals surface area contributed by atoms with E-state index in [4.69, 9.17) is 33.7 Å².